The number of hydrogen-bond donors (Lipinski definition) is 0. The second-order valence-electron chi connectivity index (χ2n) is 3.54. The lowest BCUT2D eigenvalue weighted by Crippen LogP contribution is -1.91. The van der Waals surface area contributed by atoms with Crippen molar-refractivity contribution in [2.75, 3.05) is 0 Å². The third kappa shape index (κ3) is 1.55. The number of rotatable bonds is 0. The molecule has 0 aliphatic heterocycles. The van der Waals surface area contributed by atoms with Gasteiger partial charge in [-0.15, -0.1) is 0 Å². The molecule has 0 spiro atoms. The van der Waals surface area contributed by atoms with Crippen molar-refractivity contribution in [3.63, 3.8) is 0 Å². The predicted octanol–water partition coefficient (Wildman–Crippen LogP) is 3.38. The summed E-state index contributed by atoms with van der Waals surface area (Å²) in [5.41, 5.74) is 3.34. The number of aryl methyl sites for hydroxylation is 2. The van der Waals surface area contributed by atoms with E-state index in [0.717, 1.165) is 22.0 Å². The third-order valence-corrected chi connectivity index (χ3v) is 2.74. The molecule has 3 heteroatoms. The summed E-state index contributed by atoms with van der Waals surface area (Å²) < 4.78 is 0. The van der Waals surface area contributed by atoms with E-state index in [1.807, 2.05) is 32.0 Å². The molecular weight excluding hydrogens is 208 g/mol. The van der Waals surface area contributed by atoms with Crippen LogP contribution < -0.4 is 0 Å². The Morgan fingerprint density at radius 1 is 1.33 bits per heavy atom. The fourth-order valence-corrected chi connectivity index (χ4v) is 1.91. The fraction of sp³-hybridized carbons (Fsp3) is 0.167. The Balaban J connectivity index is 2.92. The maximum atomic E-state index is 8.94. The lowest BCUT2D eigenvalue weighted by atomic mass is 10.0. The van der Waals surface area contributed by atoms with Crippen molar-refractivity contribution in [3.05, 3.63) is 40.0 Å². The SMILES string of the molecule is Cc1ccc2c(C)c(C#N)c(Cl)nc2c1. The standard InChI is InChI=1S/C12H9ClN2/c1-7-3-4-9-8(2)10(6-14)12(13)15-11(9)5-7/h3-5H,1-2H3. The first-order valence-corrected chi connectivity index (χ1v) is 4.98. The van der Waals surface area contributed by atoms with Gasteiger partial charge in [0.25, 0.3) is 0 Å². The number of benzene rings is 1. The summed E-state index contributed by atoms with van der Waals surface area (Å²) in [6, 6.07) is 8.03. The highest BCUT2D eigenvalue weighted by Gasteiger charge is 2.09. The second kappa shape index (κ2) is 3.52. The van der Waals surface area contributed by atoms with Gasteiger partial charge in [0.15, 0.2) is 0 Å². The van der Waals surface area contributed by atoms with Gasteiger partial charge < -0.3 is 0 Å². The summed E-state index contributed by atoms with van der Waals surface area (Å²) in [4.78, 5) is 4.21. The molecule has 0 aliphatic carbocycles. The van der Waals surface area contributed by atoms with Crippen LogP contribution in [-0.2, 0) is 0 Å². The highest BCUT2D eigenvalue weighted by atomic mass is 35.5. The van der Waals surface area contributed by atoms with Crippen LogP contribution in [0.1, 0.15) is 16.7 Å². The molecule has 0 aliphatic rings. The maximum absolute atomic E-state index is 8.94. The Morgan fingerprint density at radius 3 is 2.73 bits per heavy atom. The van der Waals surface area contributed by atoms with E-state index < -0.39 is 0 Å². The zero-order valence-electron chi connectivity index (χ0n) is 8.50. The maximum Gasteiger partial charge on any atom is 0.147 e. The first kappa shape index (κ1) is 9.95. The molecule has 0 fully saturated rings. The minimum Gasteiger partial charge on any atom is -0.235 e. The van der Waals surface area contributed by atoms with Gasteiger partial charge in [-0.05, 0) is 31.0 Å². The molecule has 0 amide bonds. The summed E-state index contributed by atoms with van der Waals surface area (Å²) >= 11 is 5.93. The molecule has 1 aromatic heterocycles. The normalized spacial score (nSPS) is 10.3. The highest BCUT2D eigenvalue weighted by Crippen LogP contribution is 2.25. The van der Waals surface area contributed by atoms with E-state index >= 15 is 0 Å². The van der Waals surface area contributed by atoms with E-state index in [-0.39, 0.29) is 5.15 Å². The van der Waals surface area contributed by atoms with Gasteiger partial charge in [-0.25, -0.2) is 4.98 Å². The first-order chi connectivity index (χ1) is 7.13. The molecule has 1 aromatic carbocycles. The number of nitriles is 1. The molecule has 2 nitrogen and oxygen atoms in total. The van der Waals surface area contributed by atoms with Crippen LogP contribution in [0.4, 0.5) is 0 Å². The number of nitrogens with zero attached hydrogens (tertiary/aromatic N) is 2. The predicted molar refractivity (Wildman–Crippen MR) is 60.9 cm³/mol. The zero-order chi connectivity index (χ0) is 11.0. The molecule has 74 valence electrons. The molecule has 0 radical (unpaired) electrons. The van der Waals surface area contributed by atoms with Crippen molar-refractivity contribution >= 4 is 22.5 Å². The average molecular weight is 217 g/mol. The van der Waals surface area contributed by atoms with Crippen LogP contribution >= 0.6 is 11.6 Å². The average Bonchev–Trinajstić information content (AvgIpc) is 2.17. The van der Waals surface area contributed by atoms with Crippen molar-refractivity contribution in [1.29, 1.82) is 5.26 Å². The van der Waals surface area contributed by atoms with Crippen LogP contribution in [0, 0.1) is 25.2 Å². The van der Waals surface area contributed by atoms with Gasteiger partial charge in [-0.2, -0.15) is 5.26 Å². The summed E-state index contributed by atoms with van der Waals surface area (Å²) in [7, 11) is 0. The van der Waals surface area contributed by atoms with Crippen molar-refractivity contribution in [2.24, 2.45) is 0 Å². The Morgan fingerprint density at radius 2 is 2.07 bits per heavy atom. The Bertz CT molecular complexity index is 582. The van der Waals surface area contributed by atoms with E-state index in [0.29, 0.717) is 5.56 Å². The molecular formula is C12H9ClN2. The molecule has 0 saturated heterocycles. The Kier molecular flexibility index (Phi) is 2.34. The summed E-state index contributed by atoms with van der Waals surface area (Å²) in [6.07, 6.45) is 0. The van der Waals surface area contributed by atoms with E-state index in [4.69, 9.17) is 16.9 Å². The van der Waals surface area contributed by atoms with Crippen LogP contribution in [0.3, 0.4) is 0 Å². The van der Waals surface area contributed by atoms with Crippen molar-refractivity contribution in [2.45, 2.75) is 13.8 Å². The van der Waals surface area contributed by atoms with Crippen LogP contribution in [0.2, 0.25) is 5.15 Å². The van der Waals surface area contributed by atoms with Crippen LogP contribution in [0.25, 0.3) is 10.9 Å². The molecule has 0 saturated carbocycles. The van der Waals surface area contributed by atoms with E-state index in [1.165, 1.54) is 0 Å². The number of halogens is 1. The van der Waals surface area contributed by atoms with Crippen molar-refractivity contribution < 1.29 is 0 Å². The van der Waals surface area contributed by atoms with Gasteiger partial charge in [0.2, 0.25) is 0 Å². The quantitative estimate of drug-likeness (QED) is 0.633. The monoisotopic (exact) mass is 216 g/mol. The van der Waals surface area contributed by atoms with Crippen LogP contribution in [0.15, 0.2) is 18.2 Å². The van der Waals surface area contributed by atoms with Gasteiger partial charge in [0.05, 0.1) is 11.1 Å². The molecule has 0 N–H and O–H groups in total. The molecule has 0 bridgehead atoms. The second-order valence-corrected chi connectivity index (χ2v) is 3.89. The zero-order valence-corrected chi connectivity index (χ0v) is 9.26. The van der Waals surface area contributed by atoms with Gasteiger partial charge >= 0.3 is 0 Å². The lowest BCUT2D eigenvalue weighted by Gasteiger charge is -2.05. The van der Waals surface area contributed by atoms with Gasteiger partial charge in [0, 0.05) is 5.39 Å². The van der Waals surface area contributed by atoms with E-state index in [2.05, 4.69) is 11.1 Å². The number of pyridine rings is 1. The molecule has 2 rings (SSSR count). The topological polar surface area (TPSA) is 36.7 Å². The molecule has 1 heterocycles. The summed E-state index contributed by atoms with van der Waals surface area (Å²) in [6.45, 7) is 3.90. The van der Waals surface area contributed by atoms with E-state index in [9.17, 15) is 0 Å². The largest absolute Gasteiger partial charge is 0.235 e. The minimum absolute atomic E-state index is 0.285. The smallest absolute Gasteiger partial charge is 0.147 e. The Labute approximate surface area is 93.1 Å². The van der Waals surface area contributed by atoms with Crippen molar-refractivity contribution in [1.82, 2.24) is 4.98 Å². The number of hydrogen-bond acceptors (Lipinski definition) is 2. The summed E-state index contributed by atoms with van der Waals surface area (Å²) in [5.74, 6) is 0. The van der Waals surface area contributed by atoms with Crippen LogP contribution in [0.5, 0.6) is 0 Å². The molecule has 0 unspecified atom stereocenters. The highest BCUT2D eigenvalue weighted by molar-refractivity contribution is 6.31. The van der Waals surface area contributed by atoms with Gasteiger partial charge in [-0.3, -0.25) is 0 Å². The molecule has 15 heavy (non-hydrogen) atoms. The Hall–Kier alpha value is -1.59. The van der Waals surface area contributed by atoms with Crippen LogP contribution in [-0.4, -0.2) is 4.98 Å². The van der Waals surface area contributed by atoms with Gasteiger partial charge in [-0.1, -0.05) is 23.7 Å². The number of aromatic nitrogens is 1. The first-order valence-electron chi connectivity index (χ1n) is 4.60. The third-order valence-electron chi connectivity index (χ3n) is 2.47. The fourth-order valence-electron chi connectivity index (χ4n) is 1.63. The minimum atomic E-state index is 0.285. The number of fused-ring (bicyclic) bond motifs is 1. The molecule has 0 atom stereocenters. The van der Waals surface area contributed by atoms with E-state index in [1.54, 1.807) is 0 Å². The van der Waals surface area contributed by atoms with Gasteiger partial charge in [0.1, 0.15) is 11.2 Å². The lowest BCUT2D eigenvalue weighted by molar-refractivity contribution is 1.31. The summed E-state index contributed by atoms with van der Waals surface area (Å²) in [5, 5.41) is 10.2. The van der Waals surface area contributed by atoms with Crippen molar-refractivity contribution in [3.8, 4) is 6.07 Å². The molecule has 2 aromatic rings.